The molecule has 1 aliphatic carbocycles. The van der Waals surface area contributed by atoms with Gasteiger partial charge in [-0.2, -0.15) is 10.5 Å². The molecule has 124 valence electrons. The lowest BCUT2D eigenvalue weighted by Gasteiger charge is -2.31. The van der Waals surface area contributed by atoms with Gasteiger partial charge in [0, 0.05) is 19.2 Å². The molecule has 6 nitrogen and oxygen atoms in total. The first-order valence-electron chi connectivity index (χ1n) is 7.53. The highest BCUT2D eigenvalue weighted by Gasteiger charge is 3.03. The van der Waals surface area contributed by atoms with Gasteiger partial charge in [0.2, 0.25) is 0 Å². The Morgan fingerprint density at radius 1 is 1.25 bits per heavy atom. The van der Waals surface area contributed by atoms with Crippen molar-refractivity contribution in [1.29, 1.82) is 10.5 Å². The van der Waals surface area contributed by atoms with Crippen LogP contribution in [0.1, 0.15) is 18.9 Å². The van der Waals surface area contributed by atoms with E-state index in [0.717, 1.165) is 5.56 Å². The van der Waals surface area contributed by atoms with Crippen molar-refractivity contribution in [1.82, 2.24) is 0 Å². The Morgan fingerprint density at radius 2 is 1.92 bits per heavy atom. The predicted molar refractivity (Wildman–Crippen MR) is 86.4 cm³/mol. The van der Waals surface area contributed by atoms with Crippen LogP contribution >= 0.6 is 11.6 Å². The maximum atomic E-state index is 10.2. The summed E-state index contributed by atoms with van der Waals surface area (Å²) in [4.78, 5) is 2.90. The van der Waals surface area contributed by atoms with Crippen LogP contribution in [-0.4, -0.2) is 26.0 Å². The van der Waals surface area contributed by atoms with E-state index in [1.807, 2.05) is 13.0 Å². The second kappa shape index (κ2) is 4.94. The van der Waals surface area contributed by atoms with E-state index in [0.29, 0.717) is 11.4 Å². The molecule has 0 spiro atoms. The number of amidine groups is 1. The summed E-state index contributed by atoms with van der Waals surface area (Å²) in [6.45, 7) is 1.92. The molecule has 3 N–H and O–H groups in total. The van der Waals surface area contributed by atoms with Crippen molar-refractivity contribution in [2.24, 2.45) is 16.6 Å². The maximum absolute atomic E-state index is 10.2. The SMILES string of the molecule is CC[C@]1(c2cccc(Cl)c2)[C@]2(C#N)C(N)=[NH+]C(OC)(OC)[C@@]21C#N. The van der Waals surface area contributed by atoms with E-state index in [4.69, 9.17) is 26.8 Å². The van der Waals surface area contributed by atoms with Crippen LogP contribution in [0, 0.1) is 33.5 Å². The Kier molecular flexibility index (Phi) is 3.44. The summed E-state index contributed by atoms with van der Waals surface area (Å²) in [5.41, 5.74) is 3.48. The van der Waals surface area contributed by atoms with E-state index < -0.39 is 22.2 Å². The van der Waals surface area contributed by atoms with Crippen LogP contribution < -0.4 is 10.7 Å². The molecule has 1 saturated carbocycles. The molecule has 1 heterocycles. The first-order chi connectivity index (χ1) is 11.4. The highest BCUT2D eigenvalue weighted by molar-refractivity contribution is 6.30. The molecular weight excluding hydrogens is 328 g/mol. The van der Waals surface area contributed by atoms with Gasteiger partial charge in [-0.05, 0) is 24.1 Å². The third-order valence-electron chi connectivity index (χ3n) is 5.74. The number of rotatable bonds is 4. The first-order valence-corrected chi connectivity index (χ1v) is 7.91. The lowest BCUT2D eigenvalue weighted by atomic mass is 9.80. The monoisotopic (exact) mass is 345 g/mol. The van der Waals surface area contributed by atoms with Crippen molar-refractivity contribution in [3.8, 4) is 12.1 Å². The number of hydrogen-bond donors (Lipinski definition) is 2. The van der Waals surface area contributed by atoms with Crippen LogP contribution in [0.15, 0.2) is 24.3 Å². The summed E-state index contributed by atoms with van der Waals surface area (Å²) in [5, 5.41) is 20.8. The number of benzene rings is 1. The van der Waals surface area contributed by atoms with Crippen LogP contribution in [0.3, 0.4) is 0 Å². The molecule has 7 heteroatoms. The van der Waals surface area contributed by atoms with Gasteiger partial charge in [-0.25, -0.2) is 4.99 Å². The first kappa shape index (κ1) is 16.7. The normalized spacial score (nSPS) is 35.5. The third kappa shape index (κ3) is 1.30. The van der Waals surface area contributed by atoms with Crippen molar-refractivity contribution in [2.75, 3.05) is 14.2 Å². The molecule has 1 aliphatic heterocycles. The van der Waals surface area contributed by atoms with Gasteiger partial charge in [0.1, 0.15) is 0 Å². The van der Waals surface area contributed by atoms with Crippen LogP contribution in [0.2, 0.25) is 5.02 Å². The number of nitrogens with two attached hydrogens (primary N) is 1. The lowest BCUT2D eigenvalue weighted by molar-refractivity contribution is -0.689. The standard InChI is InChI=1S/C17H17ClN4O2/c1-4-14(11-6-5-7-12(18)8-11)15(9-19)13(21)22-17(23-2,24-3)16(14,15)10-20/h5-8H,4H2,1-3H3,(H2,21,22)/p+1/t14-,15-,16+/m0/s1. The molecule has 3 rings (SSSR count). The Balaban J connectivity index is 2.40. The molecule has 1 aromatic rings. The molecule has 3 atom stereocenters. The molecule has 0 bridgehead atoms. The van der Waals surface area contributed by atoms with Gasteiger partial charge < -0.3 is 9.47 Å². The number of ether oxygens (including phenoxy) is 2. The largest absolute Gasteiger partial charge is 0.343 e. The zero-order valence-electron chi connectivity index (χ0n) is 13.7. The zero-order chi connectivity index (χ0) is 17.8. The second-order valence-corrected chi connectivity index (χ2v) is 6.49. The molecular formula is C17H18ClN4O2+. The average Bonchev–Trinajstić information content (AvgIpc) is 3.10. The smallest absolute Gasteiger partial charge is 0.317 e. The summed E-state index contributed by atoms with van der Waals surface area (Å²) < 4.78 is 11.1. The average molecular weight is 346 g/mol. The van der Waals surface area contributed by atoms with E-state index in [1.54, 1.807) is 18.2 Å². The van der Waals surface area contributed by atoms with Gasteiger partial charge in [0.05, 0.1) is 17.6 Å². The summed E-state index contributed by atoms with van der Waals surface area (Å²) in [7, 11) is 2.85. The predicted octanol–water partition coefficient (Wildman–Crippen LogP) is 0.419. The van der Waals surface area contributed by atoms with Gasteiger partial charge in [0.15, 0.2) is 10.8 Å². The van der Waals surface area contributed by atoms with Gasteiger partial charge in [0.25, 0.3) is 5.84 Å². The van der Waals surface area contributed by atoms with Crippen LogP contribution in [-0.2, 0) is 14.9 Å². The Labute approximate surface area is 145 Å². The summed E-state index contributed by atoms with van der Waals surface area (Å²) >= 11 is 6.16. The van der Waals surface area contributed by atoms with E-state index >= 15 is 0 Å². The van der Waals surface area contributed by atoms with Crippen LogP contribution in [0.4, 0.5) is 0 Å². The third-order valence-corrected chi connectivity index (χ3v) is 5.97. The van der Waals surface area contributed by atoms with Crippen molar-refractivity contribution in [2.45, 2.75) is 24.7 Å². The number of nitrogens with zero attached hydrogens (tertiary/aromatic N) is 2. The number of nitriles is 2. The van der Waals surface area contributed by atoms with Gasteiger partial charge in [-0.1, -0.05) is 30.7 Å². The summed E-state index contributed by atoms with van der Waals surface area (Å²) in [6, 6.07) is 11.8. The minimum absolute atomic E-state index is 0.178. The number of fused-ring (bicyclic) bond motifs is 1. The minimum Gasteiger partial charge on any atom is -0.317 e. The Bertz CT molecular complexity index is 823. The molecule has 1 fully saturated rings. The molecule has 1 aromatic carbocycles. The van der Waals surface area contributed by atoms with E-state index in [2.05, 4.69) is 17.1 Å². The van der Waals surface area contributed by atoms with Gasteiger partial charge in [-0.3, -0.25) is 5.73 Å². The summed E-state index contributed by atoms with van der Waals surface area (Å²) in [5.74, 6) is -1.34. The van der Waals surface area contributed by atoms with Crippen molar-refractivity contribution in [3.63, 3.8) is 0 Å². The van der Waals surface area contributed by atoms with Crippen LogP contribution in [0.5, 0.6) is 0 Å². The maximum Gasteiger partial charge on any atom is 0.343 e. The molecule has 0 unspecified atom stereocenters. The second-order valence-electron chi connectivity index (χ2n) is 6.06. The number of nitrogens with one attached hydrogen (secondary N) is 1. The van der Waals surface area contributed by atoms with Gasteiger partial charge >= 0.3 is 5.91 Å². The lowest BCUT2D eigenvalue weighted by Crippen LogP contribution is -2.91. The molecule has 0 amide bonds. The molecule has 2 aliphatic rings. The van der Waals surface area contributed by atoms with Gasteiger partial charge in [-0.15, -0.1) is 0 Å². The van der Waals surface area contributed by atoms with Crippen molar-refractivity contribution < 1.29 is 14.5 Å². The number of hydrogen-bond acceptors (Lipinski definition) is 5. The zero-order valence-corrected chi connectivity index (χ0v) is 14.4. The highest BCUT2D eigenvalue weighted by atomic mass is 35.5. The fourth-order valence-electron chi connectivity index (χ4n) is 4.86. The van der Waals surface area contributed by atoms with Crippen molar-refractivity contribution >= 4 is 17.4 Å². The molecule has 0 radical (unpaired) electrons. The number of methoxy groups -OCH3 is 2. The quantitative estimate of drug-likeness (QED) is 0.769. The van der Waals surface area contributed by atoms with E-state index in [-0.39, 0.29) is 5.84 Å². The van der Waals surface area contributed by atoms with Crippen LogP contribution in [0.25, 0.3) is 0 Å². The molecule has 0 aromatic heterocycles. The topological polar surface area (TPSA) is 106 Å². The van der Waals surface area contributed by atoms with E-state index in [9.17, 15) is 10.5 Å². The Hall–Kier alpha value is -2.12. The minimum atomic E-state index is -1.51. The molecule has 0 saturated heterocycles. The highest BCUT2D eigenvalue weighted by Crippen LogP contribution is 2.83. The fourth-order valence-corrected chi connectivity index (χ4v) is 5.05. The summed E-state index contributed by atoms with van der Waals surface area (Å²) in [6.07, 6.45) is 0.491. The van der Waals surface area contributed by atoms with E-state index in [1.165, 1.54) is 14.2 Å². The molecule has 24 heavy (non-hydrogen) atoms. The Morgan fingerprint density at radius 3 is 2.38 bits per heavy atom. The fraction of sp³-hybridized carbons (Fsp3) is 0.471. The number of halogens is 1. The van der Waals surface area contributed by atoms with Crippen molar-refractivity contribution in [3.05, 3.63) is 34.9 Å².